The molecule has 0 radical (unpaired) electrons. The molecule has 6 heteroatoms. The maximum atomic E-state index is 12.2. The second-order valence-electron chi connectivity index (χ2n) is 4.37. The third-order valence-corrected chi connectivity index (χ3v) is 2.99. The molecule has 102 valence electrons. The van der Waals surface area contributed by atoms with Gasteiger partial charge in [0, 0.05) is 6.42 Å². The molecule has 2 amide bonds. The lowest BCUT2D eigenvalue weighted by molar-refractivity contribution is -0.125. The van der Waals surface area contributed by atoms with Crippen molar-refractivity contribution in [1.29, 1.82) is 0 Å². The van der Waals surface area contributed by atoms with Crippen molar-refractivity contribution in [2.75, 3.05) is 18.0 Å². The molecule has 19 heavy (non-hydrogen) atoms. The zero-order valence-corrected chi connectivity index (χ0v) is 10.5. The third-order valence-electron chi connectivity index (χ3n) is 2.99. The minimum absolute atomic E-state index is 0.0764. The fraction of sp³-hybridized carbons (Fsp3) is 0.385. The Morgan fingerprint density at radius 2 is 2.11 bits per heavy atom. The van der Waals surface area contributed by atoms with Crippen LogP contribution in [0.5, 0.6) is 5.75 Å². The zero-order valence-electron chi connectivity index (χ0n) is 10.5. The summed E-state index contributed by atoms with van der Waals surface area (Å²) in [6, 6.07) is 7.10. The number of carbonyl (C=O) groups is 2. The van der Waals surface area contributed by atoms with Gasteiger partial charge in [0.15, 0.2) is 6.10 Å². The first-order valence-electron chi connectivity index (χ1n) is 6.19. The quantitative estimate of drug-likeness (QED) is 0.799. The van der Waals surface area contributed by atoms with E-state index in [1.807, 2.05) is 6.07 Å². The number of nitrogens with zero attached hydrogens (tertiary/aromatic N) is 1. The van der Waals surface area contributed by atoms with E-state index in [9.17, 15) is 9.59 Å². The highest BCUT2D eigenvalue weighted by Gasteiger charge is 2.32. The second kappa shape index (κ2) is 5.71. The van der Waals surface area contributed by atoms with Crippen LogP contribution in [-0.2, 0) is 9.59 Å². The molecule has 1 atom stereocenters. The van der Waals surface area contributed by atoms with Gasteiger partial charge in [0.05, 0.1) is 12.2 Å². The van der Waals surface area contributed by atoms with Gasteiger partial charge in [-0.1, -0.05) is 12.1 Å². The molecule has 0 aliphatic carbocycles. The maximum Gasteiger partial charge on any atom is 0.260 e. The van der Waals surface area contributed by atoms with Gasteiger partial charge in [0.25, 0.3) is 5.91 Å². The summed E-state index contributed by atoms with van der Waals surface area (Å²) in [6.45, 7) is 0.604. The summed E-state index contributed by atoms with van der Waals surface area (Å²) >= 11 is 0. The highest BCUT2D eigenvalue weighted by Crippen LogP contribution is 2.33. The normalized spacial score (nSPS) is 17.5. The van der Waals surface area contributed by atoms with Gasteiger partial charge >= 0.3 is 0 Å². The molecule has 1 aromatic carbocycles. The molecule has 0 spiro atoms. The minimum Gasteiger partial charge on any atom is -0.477 e. The Labute approximate surface area is 111 Å². The lowest BCUT2D eigenvalue weighted by atomic mass is 10.1. The molecule has 1 aliphatic heterocycles. The average Bonchev–Trinajstić information content (AvgIpc) is 2.43. The number of carbonyl (C=O) groups excluding carboxylic acids is 2. The van der Waals surface area contributed by atoms with E-state index in [-0.39, 0.29) is 12.5 Å². The van der Waals surface area contributed by atoms with Gasteiger partial charge in [-0.3, -0.25) is 9.59 Å². The Morgan fingerprint density at radius 3 is 2.79 bits per heavy atom. The van der Waals surface area contributed by atoms with E-state index in [4.69, 9.17) is 16.2 Å². The SMILES string of the molecule is NCCCC(=O)N1CC(C(N)=O)Oc2ccccc21. The van der Waals surface area contributed by atoms with Crippen LogP contribution in [0.3, 0.4) is 0 Å². The number of rotatable bonds is 4. The first-order chi connectivity index (χ1) is 9.13. The summed E-state index contributed by atoms with van der Waals surface area (Å²) < 4.78 is 5.49. The predicted octanol–water partition coefficient (Wildman–Crippen LogP) is 0.00480. The molecule has 1 unspecified atom stereocenters. The Kier molecular flexibility index (Phi) is 4.01. The molecule has 0 aromatic heterocycles. The molecule has 6 nitrogen and oxygen atoms in total. The first kappa shape index (κ1) is 13.4. The third kappa shape index (κ3) is 2.85. The number of anilines is 1. The summed E-state index contributed by atoms with van der Waals surface area (Å²) in [5.41, 5.74) is 11.3. The smallest absolute Gasteiger partial charge is 0.260 e. The number of primary amides is 1. The molecule has 0 saturated carbocycles. The molecular formula is C13H17N3O3. The number of nitrogens with two attached hydrogens (primary N) is 2. The number of para-hydroxylation sites is 2. The maximum absolute atomic E-state index is 12.2. The van der Waals surface area contributed by atoms with Gasteiger partial charge in [-0.2, -0.15) is 0 Å². The largest absolute Gasteiger partial charge is 0.477 e. The van der Waals surface area contributed by atoms with E-state index in [0.29, 0.717) is 30.8 Å². The Bertz CT molecular complexity index is 490. The monoisotopic (exact) mass is 263 g/mol. The zero-order chi connectivity index (χ0) is 13.8. The molecule has 0 saturated heterocycles. The number of ether oxygens (including phenoxy) is 1. The van der Waals surface area contributed by atoms with Gasteiger partial charge < -0.3 is 21.1 Å². The van der Waals surface area contributed by atoms with Crippen LogP contribution in [-0.4, -0.2) is 31.0 Å². The lowest BCUT2D eigenvalue weighted by Crippen LogP contribution is -2.49. The van der Waals surface area contributed by atoms with E-state index in [0.717, 1.165) is 0 Å². The molecule has 0 bridgehead atoms. The van der Waals surface area contributed by atoms with Crippen molar-refractivity contribution in [3.8, 4) is 5.75 Å². The van der Waals surface area contributed by atoms with Crippen LogP contribution in [0.4, 0.5) is 5.69 Å². The van der Waals surface area contributed by atoms with E-state index in [1.54, 1.807) is 23.1 Å². The molecule has 2 rings (SSSR count). The van der Waals surface area contributed by atoms with E-state index < -0.39 is 12.0 Å². The van der Waals surface area contributed by atoms with E-state index in [1.165, 1.54) is 0 Å². The number of hydrogen-bond donors (Lipinski definition) is 2. The fourth-order valence-electron chi connectivity index (χ4n) is 2.01. The van der Waals surface area contributed by atoms with Crippen LogP contribution in [0.2, 0.25) is 0 Å². The van der Waals surface area contributed by atoms with Gasteiger partial charge in [-0.05, 0) is 25.1 Å². The number of fused-ring (bicyclic) bond motifs is 1. The molecule has 1 aromatic rings. The summed E-state index contributed by atoms with van der Waals surface area (Å²) in [6.07, 6.45) is 0.146. The van der Waals surface area contributed by atoms with Crippen molar-refractivity contribution in [3.05, 3.63) is 24.3 Å². The van der Waals surface area contributed by atoms with Crippen LogP contribution in [0, 0.1) is 0 Å². The summed E-state index contributed by atoms with van der Waals surface area (Å²) in [7, 11) is 0. The second-order valence-corrected chi connectivity index (χ2v) is 4.37. The molecular weight excluding hydrogens is 246 g/mol. The summed E-state index contributed by atoms with van der Waals surface area (Å²) in [5, 5.41) is 0. The Balaban J connectivity index is 2.26. The fourth-order valence-corrected chi connectivity index (χ4v) is 2.01. The summed E-state index contributed by atoms with van der Waals surface area (Å²) in [5.74, 6) is -0.155. The number of amides is 2. The standard InChI is InChI=1S/C13H17N3O3/c14-7-3-6-12(17)16-8-11(13(15)18)19-10-5-2-1-4-9(10)16/h1-2,4-5,11H,3,6-8,14H2,(H2,15,18). The van der Waals surface area contributed by atoms with Crippen LogP contribution in [0.15, 0.2) is 24.3 Å². The van der Waals surface area contributed by atoms with Crippen LogP contribution >= 0.6 is 0 Å². The minimum atomic E-state index is -0.809. The van der Waals surface area contributed by atoms with Crippen LogP contribution < -0.4 is 21.1 Å². The average molecular weight is 263 g/mol. The number of benzene rings is 1. The van der Waals surface area contributed by atoms with Gasteiger partial charge in [-0.15, -0.1) is 0 Å². The van der Waals surface area contributed by atoms with Crippen LogP contribution in [0.1, 0.15) is 12.8 Å². The van der Waals surface area contributed by atoms with Crippen molar-refractivity contribution < 1.29 is 14.3 Å². The Morgan fingerprint density at radius 1 is 1.37 bits per heavy atom. The molecule has 4 N–H and O–H groups in total. The van der Waals surface area contributed by atoms with Crippen LogP contribution in [0.25, 0.3) is 0 Å². The number of hydrogen-bond acceptors (Lipinski definition) is 4. The van der Waals surface area contributed by atoms with Gasteiger partial charge in [0.2, 0.25) is 5.91 Å². The highest BCUT2D eigenvalue weighted by molar-refractivity contribution is 5.97. The van der Waals surface area contributed by atoms with Crippen molar-refractivity contribution in [1.82, 2.24) is 0 Å². The first-order valence-corrected chi connectivity index (χ1v) is 6.19. The van der Waals surface area contributed by atoms with Crippen molar-refractivity contribution in [2.24, 2.45) is 11.5 Å². The molecule has 1 aliphatic rings. The van der Waals surface area contributed by atoms with Gasteiger partial charge in [-0.25, -0.2) is 0 Å². The summed E-state index contributed by atoms with van der Waals surface area (Å²) in [4.78, 5) is 25.0. The van der Waals surface area contributed by atoms with Gasteiger partial charge in [0.1, 0.15) is 5.75 Å². The van der Waals surface area contributed by atoms with E-state index in [2.05, 4.69) is 0 Å². The van der Waals surface area contributed by atoms with E-state index >= 15 is 0 Å². The highest BCUT2D eigenvalue weighted by atomic mass is 16.5. The topological polar surface area (TPSA) is 98.7 Å². The van der Waals surface area contributed by atoms with Crippen molar-refractivity contribution in [2.45, 2.75) is 18.9 Å². The van der Waals surface area contributed by atoms with Crippen molar-refractivity contribution in [3.63, 3.8) is 0 Å². The lowest BCUT2D eigenvalue weighted by Gasteiger charge is -2.33. The van der Waals surface area contributed by atoms with Crippen molar-refractivity contribution >= 4 is 17.5 Å². The predicted molar refractivity (Wildman–Crippen MR) is 70.7 cm³/mol. The molecule has 0 fully saturated rings. The molecule has 1 heterocycles. The Hall–Kier alpha value is -2.08.